The highest BCUT2D eigenvalue weighted by atomic mass is 16.2. The number of hydrogen-bond acceptors (Lipinski definition) is 2. The van der Waals surface area contributed by atoms with Crippen molar-refractivity contribution in [3.63, 3.8) is 0 Å². The van der Waals surface area contributed by atoms with E-state index in [1.807, 2.05) is 4.90 Å². The van der Waals surface area contributed by atoms with Crippen LogP contribution in [0.1, 0.15) is 30.4 Å². The molecule has 1 amide bonds. The molecular formula is C16H22N2O. The lowest BCUT2D eigenvalue weighted by atomic mass is 10.1. The summed E-state index contributed by atoms with van der Waals surface area (Å²) in [6.07, 6.45) is 4.42. The van der Waals surface area contributed by atoms with Gasteiger partial charge in [0.15, 0.2) is 0 Å². The van der Waals surface area contributed by atoms with Crippen molar-refractivity contribution >= 4 is 5.91 Å². The zero-order valence-electron chi connectivity index (χ0n) is 11.6. The molecule has 0 bridgehead atoms. The van der Waals surface area contributed by atoms with Crippen molar-refractivity contribution in [2.45, 2.75) is 44.7 Å². The van der Waals surface area contributed by atoms with E-state index in [4.69, 9.17) is 0 Å². The first-order valence-corrected chi connectivity index (χ1v) is 7.33. The van der Waals surface area contributed by atoms with Crippen LogP contribution in [0.4, 0.5) is 0 Å². The van der Waals surface area contributed by atoms with E-state index in [9.17, 15) is 4.79 Å². The highest BCUT2D eigenvalue weighted by Gasteiger charge is 2.35. The maximum Gasteiger partial charge on any atom is 0.239 e. The van der Waals surface area contributed by atoms with Gasteiger partial charge in [0, 0.05) is 19.1 Å². The lowest BCUT2D eigenvalue weighted by Crippen LogP contribution is -2.39. The number of hydrogen-bond donors (Lipinski definition) is 1. The van der Waals surface area contributed by atoms with E-state index < -0.39 is 0 Å². The van der Waals surface area contributed by atoms with Crippen LogP contribution in [0.3, 0.4) is 0 Å². The molecule has 1 aromatic carbocycles. The second kappa shape index (κ2) is 5.33. The number of aryl methyl sites for hydroxylation is 1. The van der Waals surface area contributed by atoms with E-state index in [1.165, 1.54) is 24.0 Å². The van der Waals surface area contributed by atoms with Crippen LogP contribution < -0.4 is 5.32 Å². The number of nitrogens with one attached hydrogen (secondary N) is 1. The molecule has 102 valence electrons. The van der Waals surface area contributed by atoms with Crippen molar-refractivity contribution in [2.75, 3.05) is 13.1 Å². The Kier molecular flexibility index (Phi) is 3.56. The van der Waals surface area contributed by atoms with Gasteiger partial charge in [0.05, 0.1) is 6.04 Å². The van der Waals surface area contributed by atoms with Gasteiger partial charge in [0.2, 0.25) is 5.91 Å². The van der Waals surface area contributed by atoms with Gasteiger partial charge in [-0.3, -0.25) is 4.79 Å². The Labute approximate surface area is 115 Å². The van der Waals surface area contributed by atoms with Gasteiger partial charge in [-0.05, 0) is 38.2 Å². The molecule has 3 heteroatoms. The third-order valence-electron chi connectivity index (χ3n) is 4.06. The molecule has 1 aliphatic carbocycles. The van der Waals surface area contributed by atoms with Crippen molar-refractivity contribution in [3.8, 4) is 0 Å². The molecule has 0 aromatic heterocycles. The van der Waals surface area contributed by atoms with Gasteiger partial charge in [-0.2, -0.15) is 0 Å². The topological polar surface area (TPSA) is 32.3 Å². The van der Waals surface area contributed by atoms with E-state index in [2.05, 4.69) is 36.5 Å². The number of carbonyl (C=O) groups is 1. The maximum atomic E-state index is 12.2. The van der Waals surface area contributed by atoms with E-state index in [-0.39, 0.29) is 6.04 Å². The Balaban J connectivity index is 1.51. The summed E-state index contributed by atoms with van der Waals surface area (Å²) >= 11 is 0. The molecular weight excluding hydrogens is 236 g/mol. The molecule has 0 spiro atoms. The summed E-state index contributed by atoms with van der Waals surface area (Å²) in [5, 5.41) is 3.45. The molecule has 3 nitrogen and oxygen atoms in total. The summed E-state index contributed by atoms with van der Waals surface area (Å²) in [5.74, 6) is 0.305. The van der Waals surface area contributed by atoms with Crippen LogP contribution in [0.5, 0.6) is 0 Å². The van der Waals surface area contributed by atoms with E-state index >= 15 is 0 Å². The van der Waals surface area contributed by atoms with Crippen LogP contribution in [-0.4, -0.2) is 36.0 Å². The molecule has 1 aliphatic heterocycles. The number of amides is 1. The molecule has 1 atom stereocenters. The minimum Gasteiger partial charge on any atom is -0.341 e. The fraction of sp³-hybridized carbons (Fsp3) is 0.562. The fourth-order valence-corrected chi connectivity index (χ4v) is 2.78. The van der Waals surface area contributed by atoms with Gasteiger partial charge in [0.1, 0.15) is 0 Å². The van der Waals surface area contributed by atoms with E-state index in [0.717, 1.165) is 25.9 Å². The van der Waals surface area contributed by atoms with Crippen LogP contribution in [0.15, 0.2) is 24.3 Å². The monoisotopic (exact) mass is 258 g/mol. The van der Waals surface area contributed by atoms with Crippen molar-refractivity contribution in [3.05, 3.63) is 35.4 Å². The Morgan fingerprint density at radius 2 is 2.16 bits per heavy atom. The van der Waals surface area contributed by atoms with Crippen LogP contribution in [0.2, 0.25) is 0 Å². The molecule has 1 saturated carbocycles. The maximum absolute atomic E-state index is 12.2. The number of carbonyl (C=O) groups excluding carboxylic acids is 1. The number of likely N-dealkylation sites (tertiary alicyclic amines) is 1. The van der Waals surface area contributed by atoms with Crippen molar-refractivity contribution in [2.24, 2.45) is 0 Å². The second-order valence-electron chi connectivity index (χ2n) is 5.85. The summed E-state index contributed by atoms with van der Waals surface area (Å²) < 4.78 is 0. The van der Waals surface area contributed by atoms with E-state index in [1.54, 1.807) is 0 Å². The fourth-order valence-electron chi connectivity index (χ4n) is 2.78. The Bertz CT molecular complexity index is 468. The zero-order valence-corrected chi connectivity index (χ0v) is 11.6. The van der Waals surface area contributed by atoms with Gasteiger partial charge in [-0.1, -0.05) is 29.8 Å². The van der Waals surface area contributed by atoms with Gasteiger partial charge >= 0.3 is 0 Å². The van der Waals surface area contributed by atoms with Gasteiger partial charge < -0.3 is 10.2 Å². The minimum atomic E-state index is 0.0880. The first-order valence-electron chi connectivity index (χ1n) is 7.33. The highest BCUT2D eigenvalue weighted by Crippen LogP contribution is 2.22. The molecule has 2 fully saturated rings. The minimum absolute atomic E-state index is 0.0880. The number of nitrogens with zero attached hydrogens (tertiary/aromatic N) is 1. The van der Waals surface area contributed by atoms with Crippen LogP contribution >= 0.6 is 0 Å². The lowest BCUT2D eigenvalue weighted by Gasteiger charge is -2.17. The van der Waals surface area contributed by atoms with Crippen LogP contribution in [-0.2, 0) is 11.2 Å². The molecule has 0 radical (unpaired) electrons. The molecule has 1 N–H and O–H groups in total. The molecule has 3 rings (SSSR count). The quantitative estimate of drug-likeness (QED) is 0.874. The smallest absolute Gasteiger partial charge is 0.239 e. The number of benzene rings is 1. The normalized spacial score (nSPS) is 23.1. The van der Waals surface area contributed by atoms with Gasteiger partial charge in [0.25, 0.3) is 0 Å². The summed E-state index contributed by atoms with van der Waals surface area (Å²) in [7, 11) is 0. The Morgan fingerprint density at radius 1 is 1.32 bits per heavy atom. The van der Waals surface area contributed by atoms with Crippen LogP contribution in [0.25, 0.3) is 0 Å². The second-order valence-corrected chi connectivity index (χ2v) is 5.85. The summed E-state index contributed by atoms with van der Waals surface area (Å²) in [6.45, 7) is 3.88. The average molecular weight is 258 g/mol. The average Bonchev–Trinajstić information content (AvgIpc) is 3.14. The first kappa shape index (κ1) is 12.7. The van der Waals surface area contributed by atoms with Crippen LogP contribution in [0, 0.1) is 6.92 Å². The Morgan fingerprint density at radius 3 is 2.89 bits per heavy atom. The van der Waals surface area contributed by atoms with Gasteiger partial charge in [-0.25, -0.2) is 0 Å². The predicted octanol–water partition coefficient (Wildman–Crippen LogP) is 1.89. The molecule has 1 heterocycles. The zero-order chi connectivity index (χ0) is 13.2. The summed E-state index contributed by atoms with van der Waals surface area (Å²) in [5.41, 5.74) is 2.62. The first-order chi connectivity index (χ1) is 9.22. The molecule has 2 aliphatic rings. The molecule has 1 saturated heterocycles. The predicted molar refractivity (Wildman–Crippen MR) is 76.0 cm³/mol. The summed E-state index contributed by atoms with van der Waals surface area (Å²) in [6, 6.07) is 9.26. The third kappa shape index (κ3) is 3.16. The highest BCUT2D eigenvalue weighted by molar-refractivity contribution is 5.84. The van der Waals surface area contributed by atoms with Crippen molar-refractivity contribution in [1.29, 1.82) is 0 Å². The van der Waals surface area contributed by atoms with E-state index in [0.29, 0.717) is 11.9 Å². The summed E-state index contributed by atoms with van der Waals surface area (Å²) in [4.78, 5) is 14.2. The standard InChI is InChI=1S/C16H22N2O/c1-12-3-2-4-13(11-12)7-9-18-10-8-15(16(18)19)17-14-5-6-14/h2-4,11,14-15,17H,5-10H2,1H3. The molecule has 1 aromatic rings. The van der Waals surface area contributed by atoms with Crippen molar-refractivity contribution < 1.29 is 4.79 Å². The van der Waals surface area contributed by atoms with Crippen molar-refractivity contribution in [1.82, 2.24) is 10.2 Å². The largest absolute Gasteiger partial charge is 0.341 e. The lowest BCUT2D eigenvalue weighted by molar-refractivity contribution is -0.129. The Hall–Kier alpha value is -1.35. The molecule has 1 unspecified atom stereocenters. The number of rotatable bonds is 5. The van der Waals surface area contributed by atoms with Gasteiger partial charge in [-0.15, -0.1) is 0 Å². The third-order valence-corrected chi connectivity index (χ3v) is 4.06. The molecule has 19 heavy (non-hydrogen) atoms. The SMILES string of the molecule is Cc1cccc(CCN2CCC(NC3CC3)C2=O)c1.